The van der Waals surface area contributed by atoms with Crippen LogP contribution in [0.4, 0.5) is 0 Å². The van der Waals surface area contributed by atoms with Crippen LogP contribution in [0, 0.1) is 12.8 Å². The van der Waals surface area contributed by atoms with Gasteiger partial charge in [-0.2, -0.15) is 0 Å². The van der Waals surface area contributed by atoms with Gasteiger partial charge in [0.2, 0.25) is 0 Å². The molecule has 0 aromatic heterocycles. The largest absolute Gasteiger partial charge is 0.467 e. The summed E-state index contributed by atoms with van der Waals surface area (Å²) in [4.78, 5) is 2.19. The maximum atomic E-state index is 6.51. The van der Waals surface area contributed by atoms with E-state index in [0.717, 1.165) is 20.9 Å². The minimum atomic E-state index is -0.410. The Morgan fingerprint density at radius 1 is 1.43 bits per heavy atom. The number of nitrogens with one attached hydrogen (secondary N) is 1. The standard InChI is InChI=1S/C16H21BrN2OS/c1-8(2)19-15(21)18-13-10(4)16(19,5)20-14-9(3)6-11(17)7-12(13)14/h6-8,10,13H,1-5H3,(H,18,21). The Morgan fingerprint density at radius 3 is 2.71 bits per heavy atom. The molecule has 2 bridgehead atoms. The van der Waals surface area contributed by atoms with Crippen LogP contribution in [0.3, 0.4) is 0 Å². The van der Waals surface area contributed by atoms with Crippen molar-refractivity contribution in [1.82, 2.24) is 10.2 Å². The quantitative estimate of drug-likeness (QED) is 0.752. The lowest BCUT2D eigenvalue weighted by molar-refractivity contribution is -0.121. The fraction of sp³-hybridized carbons (Fsp3) is 0.562. The minimum absolute atomic E-state index is 0.192. The van der Waals surface area contributed by atoms with Gasteiger partial charge in [0, 0.05) is 22.0 Å². The molecule has 0 radical (unpaired) electrons. The molecule has 0 spiro atoms. The van der Waals surface area contributed by atoms with Crippen LogP contribution < -0.4 is 10.1 Å². The Balaban J connectivity index is 2.19. The molecule has 2 aliphatic rings. The second-order valence-corrected chi connectivity index (χ2v) is 7.78. The first kappa shape index (κ1) is 15.1. The smallest absolute Gasteiger partial charge is 0.187 e. The van der Waals surface area contributed by atoms with Crippen molar-refractivity contribution in [3.63, 3.8) is 0 Å². The highest BCUT2D eigenvalue weighted by molar-refractivity contribution is 9.10. The predicted octanol–water partition coefficient (Wildman–Crippen LogP) is 4.14. The molecule has 1 fully saturated rings. The minimum Gasteiger partial charge on any atom is -0.467 e. The molecule has 5 heteroatoms. The predicted molar refractivity (Wildman–Crippen MR) is 92.5 cm³/mol. The maximum Gasteiger partial charge on any atom is 0.187 e. The number of thiocarbonyl (C=S) groups is 1. The summed E-state index contributed by atoms with van der Waals surface area (Å²) >= 11 is 9.19. The second-order valence-electron chi connectivity index (χ2n) is 6.48. The molecule has 0 saturated carbocycles. The average Bonchev–Trinajstić information content (AvgIpc) is 2.35. The van der Waals surface area contributed by atoms with E-state index in [1.165, 1.54) is 5.56 Å². The number of benzene rings is 1. The fourth-order valence-electron chi connectivity index (χ4n) is 3.63. The van der Waals surface area contributed by atoms with E-state index in [4.69, 9.17) is 17.0 Å². The SMILES string of the molecule is Cc1cc(Br)cc2c1OC1(C)C(C)C2NC(=S)N1C(C)C. The Hall–Kier alpha value is -0.810. The molecule has 1 N–H and O–H groups in total. The van der Waals surface area contributed by atoms with Gasteiger partial charge in [0.05, 0.1) is 6.04 Å². The zero-order chi connectivity index (χ0) is 15.5. The van der Waals surface area contributed by atoms with E-state index in [-0.39, 0.29) is 12.1 Å². The summed E-state index contributed by atoms with van der Waals surface area (Å²) in [7, 11) is 0. The molecule has 1 aromatic carbocycles. The molecule has 1 aromatic rings. The van der Waals surface area contributed by atoms with Gasteiger partial charge in [-0.1, -0.05) is 22.9 Å². The van der Waals surface area contributed by atoms with Crippen LogP contribution in [0.1, 0.15) is 44.9 Å². The van der Waals surface area contributed by atoms with Crippen molar-refractivity contribution in [3.8, 4) is 5.75 Å². The first-order valence-corrected chi connectivity index (χ1v) is 8.54. The summed E-state index contributed by atoms with van der Waals surface area (Å²) in [6.07, 6.45) is 0. The molecule has 114 valence electrons. The van der Waals surface area contributed by atoms with Crippen LogP contribution in [-0.4, -0.2) is 21.8 Å². The van der Waals surface area contributed by atoms with E-state index < -0.39 is 5.72 Å². The third-order valence-electron chi connectivity index (χ3n) is 4.75. The maximum absolute atomic E-state index is 6.51. The fourth-order valence-corrected chi connectivity index (χ4v) is 4.74. The third kappa shape index (κ3) is 2.08. The summed E-state index contributed by atoms with van der Waals surface area (Å²) in [6, 6.07) is 4.73. The lowest BCUT2D eigenvalue weighted by Gasteiger charge is -2.57. The van der Waals surface area contributed by atoms with Crippen LogP contribution >= 0.6 is 28.1 Å². The molecule has 3 nitrogen and oxygen atoms in total. The van der Waals surface area contributed by atoms with Gasteiger partial charge in [0.1, 0.15) is 5.75 Å². The first-order chi connectivity index (χ1) is 9.75. The normalized spacial score (nSPS) is 30.8. The zero-order valence-corrected chi connectivity index (χ0v) is 15.4. The molecule has 3 atom stereocenters. The molecule has 21 heavy (non-hydrogen) atoms. The Kier molecular flexibility index (Phi) is 3.49. The van der Waals surface area contributed by atoms with Crippen LogP contribution in [0.2, 0.25) is 0 Å². The van der Waals surface area contributed by atoms with E-state index in [9.17, 15) is 0 Å². The summed E-state index contributed by atoms with van der Waals surface area (Å²) in [5.41, 5.74) is 1.94. The highest BCUT2D eigenvalue weighted by atomic mass is 79.9. The highest BCUT2D eigenvalue weighted by Crippen LogP contribution is 2.50. The lowest BCUT2D eigenvalue weighted by Crippen LogP contribution is -2.70. The molecular weight excluding hydrogens is 348 g/mol. The van der Waals surface area contributed by atoms with Gasteiger partial charge in [0.15, 0.2) is 10.8 Å². The Morgan fingerprint density at radius 2 is 2.10 bits per heavy atom. The number of hydrogen-bond acceptors (Lipinski definition) is 2. The number of nitrogens with zero attached hydrogens (tertiary/aromatic N) is 1. The van der Waals surface area contributed by atoms with Gasteiger partial charge in [-0.05, 0) is 57.6 Å². The molecule has 3 rings (SSSR count). The number of aryl methyl sites for hydroxylation is 1. The number of ether oxygens (including phenoxy) is 1. The molecule has 0 amide bonds. The van der Waals surface area contributed by atoms with Gasteiger partial charge in [0.25, 0.3) is 0 Å². The van der Waals surface area contributed by atoms with E-state index in [1.54, 1.807) is 0 Å². The number of fused-ring (bicyclic) bond motifs is 4. The number of halogens is 1. The average molecular weight is 369 g/mol. The molecule has 0 aliphatic carbocycles. The summed E-state index contributed by atoms with van der Waals surface area (Å²) in [6.45, 7) is 10.8. The molecule has 2 heterocycles. The van der Waals surface area contributed by atoms with Crippen LogP contribution in [0.5, 0.6) is 5.75 Å². The summed E-state index contributed by atoms with van der Waals surface area (Å²) in [5, 5.41) is 4.30. The van der Waals surface area contributed by atoms with Gasteiger partial charge in [-0.3, -0.25) is 0 Å². The summed E-state index contributed by atoms with van der Waals surface area (Å²) < 4.78 is 7.59. The number of rotatable bonds is 1. The second kappa shape index (κ2) is 4.85. The van der Waals surface area contributed by atoms with Crippen molar-refractivity contribution >= 4 is 33.3 Å². The van der Waals surface area contributed by atoms with E-state index in [1.807, 2.05) is 0 Å². The van der Waals surface area contributed by atoms with Gasteiger partial charge in [-0.25, -0.2) is 0 Å². The molecule has 3 unspecified atom stereocenters. The van der Waals surface area contributed by atoms with Crippen LogP contribution in [0.25, 0.3) is 0 Å². The first-order valence-electron chi connectivity index (χ1n) is 7.34. The van der Waals surface area contributed by atoms with Crippen molar-refractivity contribution < 1.29 is 4.74 Å². The summed E-state index contributed by atoms with van der Waals surface area (Å²) in [5.74, 6) is 1.29. The monoisotopic (exact) mass is 368 g/mol. The van der Waals surface area contributed by atoms with Crippen molar-refractivity contribution in [2.24, 2.45) is 5.92 Å². The molecule has 1 saturated heterocycles. The zero-order valence-electron chi connectivity index (χ0n) is 13.0. The number of hydrogen-bond donors (Lipinski definition) is 1. The van der Waals surface area contributed by atoms with E-state index in [0.29, 0.717) is 5.92 Å². The third-order valence-corrected chi connectivity index (χ3v) is 5.52. The lowest BCUT2D eigenvalue weighted by atomic mass is 9.80. The van der Waals surface area contributed by atoms with Crippen LogP contribution in [0.15, 0.2) is 16.6 Å². The van der Waals surface area contributed by atoms with Crippen molar-refractivity contribution in [3.05, 3.63) is 27.7 Å². The van der Waals surface area contributed by atoms with Crippen molar-refractivity contribution in [1.29, 1.82) is 0 Å². The van der Waals surface area contributed by atoms with Crippen molar-refractivity contribution in [2.45, 2.75) is 52.4 Å². The van der Waals surface area contributed by atoms with Crippen molar-refractivity contribution in [2.75, 3.05) is 0 Å². The van der Waals surface area contributed by atoms with Gasteiger partial charge < -0.3 is 15.0 Å². The Labute approximate surface area is 140 Å². The van der Waals surface area contributed by atoms with Crippen LogP contribution in [-0.2, 0) is 0 Å². The molecule has 2 aliphatic heterocycles. The van der Waals surface area contributed by atoms with Gasteiger partial charge >= 0.3 is 0 Å². The topological polar surface area (TPSA) is 24.5 Å². The molecular formula is C16H21BrN2OS. The van der Waals surface area contributed by atoms with E-state index in [2.05, 4.69) is 72.9 Å². The Bertz CT molecular complexity index is 619. The van der Waals surface area contributed by atoms with E-state index >= 15 is 0 Å². The van der Waals surface area contributed by atoms with Gasteiger partial charge in [-0.15, -0.1) is 0 Å². The highest BCUT2D eigenvalue weighted by Gasteiger charge is 2.54.